The molecule has 6 heteroatoms. The fourth-order valence-corrected chi connectivity index (χ4v) is 5.08. The SMILES string of the molecule is CCCCCNC(=O)CN1CC[C@]2(O)CCCC[C@H]2[C@H]1c1ccc(O)c(OC)c1. The zero-order valence-corrected chi connectivity index (χ0v) is 17.8. The van der Waals surface area contributed by atoms with Gasteiger partial charge in [-0.2, -0.15) is 0 Å². The lowest BCUT2D eigenvalue weighted by molar-refractivity contribution is -0.137. The second kappa shape index (κ2) is 9.81. The Balaban J connectivity index is 1.81. The molecule has 0 spiro atoms. The van der Waals surface area contributed by atoms with Crippen molar-refractivity contribution in [2.45, 2.75) is 69.9 Å². The quantitative estimate of drug-likeness (QED) is 0.579. The number of rotatable bonds is 8. The number of piperidine rings is 1. The van der Waals surface area contributed by atoms with E-state index in [1.807, 2.05) is 12.1 Å². The standard InChI is InChI=1S/C23H36N2O4/c1-3-4-7-13-24-21(27)16-25-14-12-23(28)11-6-5-8-18(23)22(25)17-9-10-19(26)20(15-17)29-2/h9-10,15,18,22,26,28H,3-8,11-14,16H2,1-2H3,(H,24,27)/t18-,22+,23+/m0/s1. The number of phenolic OH excluding ortho intramolecular Hbond substituents is 1. The third-order valence-corrected chi connectivity index (χ3v) is 6.67. The van der Waals surface area contributed by atoms with E-state index in [1.54, 1.807) is 6.07 Å². The van der Waals surface area contributed by atoms with E-state index >= 15 is 0 Å². The second-order valence-corrected chi connectivity index (χ2v) is 8.61. The Morgan fingerprint density at radius 3 is 2.90 bits per heavy atom. The van der Waals surface area contributed by atoms with E-state index in [4.69, 9.17) is 4.74 Å². The first-order valence-electron chi connectivity index (χ1n) is 11.1. The molecule has 3 atom stereocenters. The molecule has 1 amide bonds. The number of carbonyl (C=O) groups is 1. The van der Waals surface area contributed by atoms with E-state index in [0.29, 0.717) is 31.8 Å². The first-order chi connectivity index (χ1) is 14.0. The third kappa shape index (κ3) is 5.04. The summed E-state index contributed by atoms with van der Waals surface area (Å²) in [6.45, 7) is 3.87. The van der Waals surface area contributed by atoms with E-state index in [0.717, 1.165) is 50.5 Å². The highest BCUT2D eigenvalue weighted by molar-refractivity contribution is 5.78. The van der Waals surface area contributed by atoms with Crippen LogP contribution in [0.2, 0.25) is 0 Å². The van der Waals surface area contributed by atoms with E-state index in [9.17, 15) is 15.0 Å². The Bertz CT molecular complexity index is 695. The average Bonchev–Trinajstić information content (AvgIpc) is 2.72. The van der Waals surface area contributed by atoms with Gasteiger partial charge in [-0.05, 0) is 43.4 Å². The van der Waals surface area contributed by atoms with Crippen LogP contribution in [0.5, 0.6) is 11.5 Å². The number of likely N-dealkylation sites (tertiary alicyclic amines) is 1. The lowest BCUT2D eigenvalue weighted by Gasteiger charge is -2.52. The molecule has 0 bridgehead atoms. The molecule has 0 aromatic heterocycles. The van der Waals surface area contributed by atoms with E-state index in [-0.39, 0.29) is 23.6 Å². The highest BCUT2D eigenvalue weighted by atomic mass is 16.5. The van der Waals surface area contributed by atoms with Crippen molar-refractivity contribution < 1.29 is 19.7 Å². The molecule has 1 saturated carbocycles. The number of ether oxygens (including phenoxy) is 1. The summed E-state index contributed by atoms with van der Waals surface area (Å²) < 4.78 is 5.32. The topological polar surface area (TPSA) is 82.0 Å². The number of hydrogen-bond donors (Lipinski definition) is 3. The Morgan fingerprint density at radius 2 is 2.14 bits per heavy atom. The van der Waals surface area contributed by atoms with Crippen molar-refractivity contribution in [2.75, 3.05) is 26.7 Å². The van der Waals surface area contributed by atoms with Gasteiger partial charge < -0.3 is 20.3 Å². The Hall–Kier alpha value is -1.79. The van der Waals surface area contributed by atoms with Gasteiger partial charge in [0.2, 0.25) is 5.91 Å². The van der Waals surface area contributed by atoms with Gasteiger partial charge >= 0.3 is 0 Å². The lowest BCUT2D eigenvalue weighted by Crippen LogP contribution is -2.56. The van der Waals surface area contributed by atoms with Crippen LogP contribution in [-0.2, 0) is 4.79 Å². The van der Waals surface area contributed by atoms with E-state index in [2.05, 4.69) is 17.1 Å². The molecule has 0 unspecified atom stereocenters. The normalized spacial score (nSPS) is 27.3. The van der Waals surface area contributed by atoms with Crippen molar-refractivity contribution >= 4 is 5.91 Å². The zero-order valence-electron chi connectivity index (χ0n) is 17.8. The number of amides is 1. The van der Waals surface area contributed by atoms with Gasteiger partial charge in [0.25, 0.3) is 0 Å². The lowest BCUT2D eigenvalue weighted by atomic mass is 9.66. The summed E-state index contributed by atoms with van der Waals surface area (Å²) in [5.74, 6) is 0.646. The fraction of sp³-hybridized carbons (Fsp3) is 0.696. The molecule has 162 valence electrons. The maximum absolute atomic E-state index is 12.6. The summed E-state index contributed by atoms with van der Waals surface area (Å²) in [5, 5.41) is 24.4. The van der Waals surface area contributed by atoms with Crippen molar-refractivity contribution in [2.24, 2.45) is 5.92 Å². The van der Waals surface area contributed by atoms with Gasteiger partial charge in [0, 0.05) is 25.0 Å². The first kappa shape index (κ1) is 21.9. The Kier molecular flexibility index (Phi) is 7.41. The average molecular weight is 405 g/mol. The maximum atomic E-state index is 12.6. The van der Waals surface area contributed by atoms with Crippen molar-refractivity contribution in [3.63, 3.8) is 0 Å². The van der Waals surface area contributed by atoms with Crippen LogP contribution in [0.3, 0.4) is 0 Å². The van der Waals surface area contributed by atoms with Gasteiger partial charge in [-0.1, -0.05) is 38.7 Å². The number of unbranched alkanes of at least 4 members (excludes halogenated alkanes) is 2. The monoisotopic (exact) mass is 404 g/mol. The summed E-state index contributed by atoms with van der Waals surface area (Å²) in [7, 11) is 1.54. The molecular weight excluding hydrogens is 368 g/mol. The summed E-state index contributed by atoms with van der Waals surface area (Å²) in [6.07, 6.45) is 7.86. The molecule has 1 heterocycles. The van der Waals surface area contributed by atoms with Gasteiger partial charge in [-0.25, -0.2) is 0 Å². The second-order valence-electron chi connectivity index (χ2n) is 8.61. The van der Waals surface area contributed by atoms with Crippen LogP contribution >= 0.6 is 0 Å². The van der Waals surface area contributed by atoms with E-state index < -0.39 is 5.60 Å². The van der Waals surface area contributed by atoms with Crippen LogP contribution < -0.4 is 10.1 Å². The predicted octanol–water partition coefficient (Wildman–Crippen LogP) is 3.38. The highest BCUT2D eigenvalue weighted by Crippen LogP contribution is 2.49. The maximum Gasteiger partial charge on any atom is 0.234 e. The molecule has 1 aliphatic heterocycles. The van der Waals surface area contributed by atoms with Crippen LogP contribution in [0.25, 0.3) is 0 Å². The first-order valence-corrected chi connectivity index (χ1v) is 11.1. The number of nitrogens with one attached hydrogen (secondary N) is 1. The minimum atomic E-state index is -0.678. The van der Waals surface area contributed by atoms with Gasteiger partial charge in [0.15, 0.2) is 11.5 Å². The molecule has 1 aliphatic carbocycles. The van der Waals surface area contributed by atoms with Crippen LogP contribution in [0.4, 0.5) is 0 Å². The van der Waals surface area contributed by atoms with Gasteiger partial charge in [0.1, 0.15) is 0 Å². The number of aromatic hydroxyl groups is 1. The molecular formula is C23H36N2O4. The van der Waals surface area contributed by atoms with Crippen molar-refractivity contribution in [3.8, 4) is 11.5 Å². The number of methoxy groups -OCH3 is 1. The molecule has 1 aromatic carbocycles. The highest BCUT2D eigenvalue weighted by Gasteiger charge is 2.49. The molecule has 0 radical (unpaired) electrons. The minimum Gasteiger partial charge on any atom is -0.504 e. The van der Waals surface area contributed by atoms with Crippen LogP contribution in [0.15, 0.2) is 18.2 Å². The molecule has 29 heavy (non-hydrogen) atoms. The summed E-state index contributed by atoms with van der Waals surface area (Å²) in [4.78, 5) is 14.8. The zero-order chi connectivity index (χ0) is 20.9. The molecule has 2 fully saturated rings. The van der Waals surface area contributed by atoms with Gasteiger partial charge in [-0.15, -0.1) is 0 Å². The van der Waals surface area contributed by atoms with Gasteiger partial charge in [-0.3, -0.25) is 9.69 Å². The van der Waals surface area contributed by atoms with E-state index in [1.165, 1.54) is 7.11 Å². The summed E-state index contributed by atoms with van der Waals surface area (Å²) in [6, 6.07) is 5.33. The van der Waals surface area contributed by atoms with Crippen molar-refractivity contribution in [3.05, 3.63) is 23.8 Å². The third-order valence-electron chi connectivity index (χ3n) is 6.67. The summed E-state index contributed by atoms with van der Waals surface area (Å²) in [5.41, 5.74) is 0.311. The number of phenols is 1. The van der Waals surface area contributed by atoms with Crippen molar-refractivity contribution in [1.82, 2.24) is 10.2 Å². The van der Waals surface area contributed by atoms with Crippen LogP contribution in [0, 0.1) is 5.92 Å². The smallest absolute Gasteiger partial charge is 0.234 e. The summed E-state index contributed by atoms with van der Waals surface area (Å²) >= 11 is 0. The number of carbonyl (C=O) groups excluding carboxylic acids is 1. The van der Waals surface area contributed by atoms with Gasteiger partial charge in [0.05, 0.1) is 19.3 Å². The van der Waals surface area contributed by atoms with Crippen LogP contribution in [-0.4, -0.2) is 53.4 Å². The molecule has 3 N–H and O–H groups in total. The number of aliphatic hydroxyl groups is 1. The molecule has 6 nitrogen and oxygen atoms in total. The molecule has 1 saturated heterocycles. The number of fused-ring (bicyclic) bond motifs is 1. The fourth-order valence-electron chi connectivity index (χ4n) is 5.08. The van der Waals surface area contributed by atoms with Crippen LogP contribution in [0.1, 0.15) is 69.9 Å². The predicted molar refractivity (Wildman–Crippen MR) is 113 cm³/mol. The number of hydrogen-bond acceptors (Lipinski definition) is 5. The molecule has 2 aliphatic rings. The number of nitrogens with zero attached hydrogens (tertiary/aromatic N) is 1. The van der Waals surface area contributed by atoms with Crippen molar-refractivity contribution in [1.29, 1.82) is 0 Å². The Morgan fingerprint density at radius 1 is 1.31 bits per heavy atom. The Labute approximate surface area is 174 Å². The number of benzene rings is 1. The largest absolute Gasteiger partial charge is 0.504 e. The minimum absolute atomic E-state index is 0.0399. The molecule has 1 aromatic rings. The molecule has 3 rings (SSSR count).